The van der Waals surface area contributed by atoms with E-state index in [2.05, 4.69) is 9.97 Å². The van der Waals surface area contributed by atoms with Gasteiger partial charge in [0.2, 0.25) is 0 Å². The second kappa shape index (κ2) is 3.84. The highest BCUT2D eigenvalue weighted by molar-refractivity contribution is 5.95. The van der Waals surface area contributed by atoms with Gasteiger partial charge in [0.15, 0.2) is 0 Å². The fourth-order valence-electron chi connectivity index (χ4n) is 0.899. The van der Waals surface area contributed by atoms with Crippen LogP contribution in [0.15, 0.2) is 6.20 Å². The number of nitrogens with one attached hydrogen (secondary N) is 1. The predicted octanol–water partition coefficient (Wildman–Crippen LogP) is 1.59. The Labute approximate surface area is 83.5 Å². The molecule has 0 aliphatic carbocycles. The van der Waals surface area contributed by atoms with E-state index in [9.17, 15) is 18.0 Å². The van der Waals surface area contributed by atoms with Crippen LogP contribution in [0.25, 0.3) is 0 Å². The molecule has 15 heavy (non-hydrogen) atoms. The summed E-state index contributed by atoms with van der Waals surface area (Å²) in [5.74, 6) is -1.60. The molecule has 0 aromatic carbocycles. The molecular formula is C8H8F3N3O. The van der Waals surface area contributed by atoms with Gasteiger partial charge < -0.3 is 5.32 Å². The zero-order valence-corrected chi connectivity index (χ0v) is 8.01. The van der Waals surface area contributed by atoms with Crippen LogP contribution in [0.1, 0.15) is 11.5 Å². The summed E-state index contributed by atoms with van der Waals surface area (Å²) in [5, 5.41) is 1.69. The van der Waals surface area contributed by atoms with Crippen molar-refractivity contribution in [3.63, 3.8) is 0 Å². The Morgan fingerprint density at radius 1 is 1.40 bits per heavy atom. The molecule has 7 heteroatoms. The number of rotatable bonds is 1. The largest absolute Gasteiger partial charge is 0.471 e. The fourth-order valence-corrected chi connectivity index (χ4v) is 0.899. The molecule has 1 aromatic rings. The van der Waals surface area contributed by atoms with Gasteiger partial charge in [-0.15, -0.1) is 0 Å². The number of hydrogen-bond acceptors (Lipinski definition) is 3. The maximum Gasteiger partial charge on any atom is 0.471 e. The molecule has 0 saturated heterocycles. The highest BCUT2D eigenvalue weighted by atomic mass is 19.4. The molecule has 1 amide bonds. The average molecular weight is 219 g/mol. The molecule has 1 heterocycles. The summed E-state index contributed by atoms with van der Waals surface area (Å²) in [7, 11) is 0. The molecule has 0 spiro atoms. The average Bonchev–Trinajstić information content (AvgIpc) is 2.08. The Hall–Kier alpha value is -1.66. The van der Waals surface area contributed by atoms with Gasteiger partial charge in [0.25, 0.3) is 0 Å². The van der Waals surface area contributed by atoms with Gasteiger partial charge in [0, 0.05) is 0 Å². The van der Waals surface area contributed by atoms with Crippen molar-refractivity contribution >= 4 is 11.6 Å². The molecule has 0 aliphatic rings. The number of halogens is 3. The van der Waals surface area contributed by atoms with E-state index < -0.39 is 12.1 Å². The summed E-state index contributed by atoms with van der Waals surface area (Å²) in [6, 6.07) is 0. The van der Waals surface area contributed by atoms with Crippen molar-refractivity contribution in [2.75, 3.05) is 5.32 Å². The molecule has 0 unspecified atom stereocenters. The summed E-state index contributed by atoms with van der Waals surface area (Å²) in [6.45, 7) is 3.09. The standard InChI is InChI=1S/C8H8F3N3O/c1-4-6(3-12-5(2)13-4)14-7(15)8(9,10)11/h3H,1-2H3,(H,14,15). The third-order valence-corrected chi connectivity index (χ3v) is 1.61. The number of anilines is 1. The Kier molecular flexibility index (Phi) is 2.92. The first-order chi connectivity index (χ1) is 6.80. The summed E-state index contributed by atoms with van der Waals surface area (Å²) in [6.07, 6.45) is -3.77. The van der Waals surface area contributed by atoms with Crippen molar-refractivity contribution in [3.05, 3.63) is 17.7 Å². The van der Waals surface area contributed by atoms with Crippen LogP contribution in [0.5, 0.6) is 0 Å². The van der Waals surface area contributed by atoms with Gasteiger partial charge in [0.1, 0.15) is 5.82 Å². The number of aryl methyl sites for hydroxylation is 2. The molecule has 0 saturated carbocycles. The maximum atomic E-state index is 11.9. The van der Waals surface area contributed by atoms with E-state index in [-0.39, 0.29) is 5.69 Å². The number of amides is 1. The Morgan fingerprint density at radius 3 is 2.47 bits per heavy atom. The van der Waals surface area contributed by atoms with Crippen LogP contribution in [-0.4, -0.2) is 22.1 Å². The fraction of sp³-hybridized carbons (Fsp3) is 0.375. The van der Waals surface area contributed by atoms with Crippen molar-refractivity contribution in [3.8, 4) is 0 Å². The second-order valence-electron chi connectivity index (χ2n) is 2.87. The van der Waals surface area contributed by atoms with E-state index in [0.29, 0.717) is 11.5 Å². The highest BCUT2D eigenvalue weighted by Crippen LogP contribution is 2.19. The number of hydrogen-bond donors (Lipinski definition) is 1. The molecule has 1 rings (SSSR count). The van der Waals surface area contributed by atoms with Gasteiger partial charge in [-0.1, -0.05) is 0 Å². The summed E-state index contributed by atoms with van der Waals surface area (Å²) >= 11 is 0. The quantitative estimate of drug-likeness (QED) is 0.780. The molecule has 0 bridgehead atoms. The predicted molar refractivity (Wildman–Crippen MR) is 46.2 cm³/mol. The smallest absolute Gasteiger partial charge is 0.315 e. The van der Waals surface area contributed by atoms with Crippen molar-refractivity contribution in [1.82, 2.24) is 9.97 Å². The third kappa shape index (κ3) is 2.90. The van der Waals surface area contributed by atoms with Crippen molar-refractivity contribution < 1.29 is 18.0 Å². The molecule has 0 aliphatic heterocycles. The summed E-state index contributed by atoms with van der Waals surface area (Å²) < 4.78 is 35.7. The molecule has 4 nitrogen and oxygen atoms in total. The minimum atomic E-state index is -4.91. The summed E-state index contributed by atoms with van der Waals surface area (Å²) in [4.78, 5) is 18.1. The van der Waals surface area contributed by atoms with Crippen molar-refractivity contribution in [2.24, 2.45) is 0 Å². The van der Waals surface area contributed by atoms with Crippen LogP contribution in [0.3, 0.4) is 0 Å². The minimum Gasteiger partial charge on any atom is -0.315 e. The zero-order chi connectivity index (χ0) is 11.6. The van der Waals surface area contributed by atoms with E-state index in [0.717, 1.165) is 6.20 Å². The lowest BCUT2D eigenvalue weighted by molar-refractivity contribution is -0.167. The Bertz CT molecular complexity index is 389. The SMILES string of the molecule is Cc1ncc(NC(=O)C(F)(F)F)c(C)n1. The first-order valence-corrected chi connectivity index (χ1v) is 3.99. The van der Waals surface area contributed by atoms with Crippen molar-refractivity contribution in [1.29, 1.82) is 0 Å². The maximum absolute atomic E-state index is 11.9. The number of carbonyl (C=O) groups is 1. The van der Waals surface area contributed by atoms with E-state index in [1.54, 1.807) is 12.2 Å². The van der Waals surface area contributed by atoms with E-state index in [1.807, 2.05) is 0 Å². The topological polar surface area (TPSA) is 54.9 Å². The molecule has 0 fully saturated rings. The molecule has 0 atom stereocenters. The first-order valence-electron chi connectivity index (χ1n) is 3.99. The Morgan fingerprint density at radius 2 is 2.00 bits per heavy atom. The van der Waals surface area contributed by atoms with Gasteiger partial charge in [-0.3, -0.25) is 4.79 Å². The Balaban J connectivity index is 2.87. The van der Waals surface area contributed by atoms with Crippen LogP contribution >= 0.6 is 0 Å². The van der Waals surface area contributed by atoms with Gasteiger partial charge >= 0.3 is 12.1 Å². The van der Waals surface area contributed by atoms with E-state index in [1.165, 1.54) is 6.92 Å². The third-order valence-electron chi connectivity index (χ3n) is 1.61. The molecule has 82 valence electrons. The second-order valence-corrected chi connectivity index (χ2v) is 2.87. The number of aromatic nitrogens is 2. The lowest BCUT2D eigenvalue weighted by Crippen LogP contribution is -2.30. The molecule has 1 N–H and O–H groups in total. The monoisotopic (exact) mass is 219 g/mol. The van der Waals surface area contributed by atoms with Gasteiger partial charge in [-0.05, 0) is 13.8 Å². The number of carbonyl (C=O) groups excluding carboxylic acids is 1. The molecule has 1 aromatic heterocycles. The van der Waals surface area contributed by atoms with Crippen LogP contribution in [0.2, 0.25) is 0 Å². The normalized spacial score (nSPS) is 11.3. The zero-order valence-electron chi connectivity index (χ0n) is 8.01. The highest BCUT2D eigenvalue weighted by Gasteiger charge is 2.38. The first kappa shape index (κ1) is 11.4. The number of alkyl halides is 3. The van der Waals surface area contributed by atoms with Crippen LogP contribution < -0.4 is 5.32 Å². The van der Waals surface area contributed by atoms with Crippen LogP contribution in [0, 0.1) is 13.8 Å². The van der Waals surface area contributed by atoms with Crippen molar-refractivity contribution in [2.45, 2.75) is 20.0 Å². The van der Waals surface area contributed by atoms with E-state index in [4.69, 9.17) is 0 Å². The lowest BCUT2D eigenvalue weighted by atomic mass is 10.3. The van der Waals surface area contributed by atoms with Gasteiger partial charge in [0.05, 0.1) is 17.6 Å². The lowest BCUT2D eigenvalue weighted by Gasteiger charge is -2.09. The van der Waals surface area contributed by atoms with Crippen LogP contribution in [-0.2, 0) is 4.79 Å². The van der Waals surface area contributed by atoms with E-state index >= 15 is 0 Å². The minimum absolute atomic E-state index is 0.0390. The number of nitrogens with zero attached hydrogens (tertiary/aromatic N) is 2. The molecule has 0 radical (unpaired) electrons. The molecular weight excluding hydrogens is 211 g/mol. The van der Waals surface area contributed by atoms with Crippen LogP contribution in [0.4, 0.5) is 18.9 Å². The summed E-state index contributed by atoms with van der Waals surface area (Å²) in [5.41, 5.74) is 0.253. The van der Waals surface area contributed by atoms with Gasteiger partial charge in [-0.25, -0.2) is 9.97 Å². The van der Waals surface area contributed by atoms with Gasteiger partial charge in [-0.2, -0.15) is 13.2 Å².